The van der Waals surface area contributed by atoms with Gasteiger partial charge in [-0.1, -0.05) is 29.3 Å². The van der Waals surface area contributed by atoms with E-state index in [-0.39, 0.29) is 17.4 Å². The number of rotatable bonds is 11. The highest BCUT2D eigenvalue weighted by atomic mass is 35.5. The Morgan fingerprint density at radius 1 is 1.21 bits per heavy atom. The second-order valence-corrected chi connectivity index (χ2v) is 10.2. The van der Waals surface area contributed by atoms with Crippen molar-refractivity contribution in [3.05, 3.63) is 68.4 Å². The van der Waals surface area contributed by atoms with Gasteiger partial charge in [0.25, 0.3) is 5.91 Å². The first kappa shape index (κ1) is 27.7. The summed E-state index contributed by atoms with van der Waals surface area (Å²) in [6.07, 6.45) is 5.77. The van der Waals surface area contributed by atoms with Crippen LogP contribution in [0.1, 0.15) is 36.2 Å². The molecule has 1 fully saturated rings. The number of nitrogen functional groups attached to an aromatic ring is 1. The third kappa shape index (κ3) is 6.56. The molecule has 10 nitrogen and oxygen atoms in total. The first-order valence-electron chi connectivity index (χ1n) is 12.5. The maximum atomic E-state index is 13.4. The van der Waals surface area contributed by atoms with Crippen LogP contribution in [0.5, 0.6) is 0 Å². The number of carbonyl (C=O) groups is 1. The molecule has 1 saturated heterocycles. The fourth-order valence-corrected chi connectivity index (χ4v) is 5.31. The first-order chi connectivity index (χ1) is 18.2. The van der Waals surface area contributed by atoms with Gasteiger partial charge in [0.15, 0.2) is 0 Å². The zero-order valence-electron chi connectivity index (χ0n) is 21.1. The van der Waals surface area contributed by atoms with Gasteiger partial charge in [-0.2, -0.15) is 0 Å². The topological polar surface area (TPSA) is 131 Å². The van der Waals surface area contributed by atoms with Gasteiger partial charge in [-0.05, 0) is 63.5 Å². The Bertz CT molecular complexity index is 1310. The Balaban J connectivity index is 1.45. The highest BCUT2D eigenvalue weighted by molar-refractivity contribution is 6.36. The van der Waals surface area contributed by atoms with Crippen LogP contribution in [0, 0.1) is 10.1 Å². The number of aromatic nitrogens is 2. The summed E-state index contributed by atoms with van der Waals surface area (Å²) in [6, 6.07) is 10.5. The van der Waals surface area contributed by atoms with E-state index >= 15 is 0 Å². The van der Waals surface area contributed by atoms with E-state index in [1.807, 2.05) is 22.9 Å². The second-order valence-electron chi connectivity index (χ2n) is 9.36. The summed E-state index contributed by atoms with van der Waals surface area (Å²) < 4.78 is 1.91. The third-order valence-electron chi connectivity index (χ3n) is 6.82. The van der Waals surface area contributed by atoms with Gasteiger partial charge in [0.1, 0.15) is 11.5 Å². The number of carbonyl (C=O) groups excluding carboxylic acids is 1. The van der Waals surface area contributed by atoms with E-state index in [4.69, 9.17) is 28.9 Å². The van der Waals surface area contributed by atoms with Crippen molar-refractivity contribution in [2.24, 2.45) is 0 Å². The summed E-state index contributed by atoms with van der Waals surface area (Å²) in [5, 5.41) is 18.2. The number of nitrogens with two attached hydrogens (primary N) is 1. The van der Waals surface area contributed by atoms with E-state index < -0.39 is 4.92 Å². The van der Waals surface area contributed by atoms with Crippen LogP contribution in [-0.2, 0) is 6.54 Å². The molecular formula is C26H31Cl2N7O3. The summed E-state index contributed by atoms with van der Waals surface area (Å²) >= 11 is 12.6. The molecule has 1 unspecified atom stereocenters. The number of halogens is 2. The Hall–Kier alpha value is -3.34. The van der Waals surface area contributed by atoms with Crippen LogP contribution in [0.3, 0.4) is 0 Å². The lowest BCUT2D eigenvalue weighted by molar-refractivity contribution is -0.384. The number of nitro groups is 1. The number of aryl methyl sites for hydroxylation is 1. The highest BCUT2D eigenvalue weighted by Crippen LogP contribution is 2.33. The zero-order valence-corrected chi connectivity index (χ0v) is 22.6. The summed E-state index contributed by atoms with van der Waals surface area (Å²) in [6.45, 7) is 2.75. The van der Waals surface area contributed by atoms with Crippen molar-refractivity contribution in [3.63, 3.8) is 0 Å². The number of nitrogens with one attached hydrogen (secondary N) is 2. The maximum absolute atomic E-state index is 13.4. The minimum atomic E-state index is -0.568. The molecule has 2 aromatic heterocycles. The van der Waals surface area contributed by atoms with Crippen LogP contribution in [0.15, 0.2) is 42.6 Å². The van der Waals surface area contributed by atoms with Gasteiger partial charge < -0.3 is 25.8 Å². The molecular weight excluding hydrogens is 529 g/mol. The monoisotopic (exact) mass is 559 g/mol. The van der Waals surface area contributed by atoms with Gasteiger partial charge in [-0.3, -0.25) is 14.9 Å². The molecule has 1 aliphatic heterocycles. The average Bonchev–Trinajstić information content (AvgIpc) is 3.47. The molecule has 4 rings (SSSR count). The predicted molar refractivity (Wildman–Crippen MR) is 151 cm³/mol. The number of likely N-dealkylation sites (tertiary alicyclic amines) is 1. The van der Waals surface area contributed by atoms with Crippen molar-refractivity contribution in [2.45, 2.75) is 38.3 Å². The van der Waals surface area contributed by atoms with E-state index in [0.29, 0.717) is 53.7 Å². The summed E-state index contributed by atoms with van der Waals surface area (Å²) in [5.74, 6) is 0.149. The van der Waals surface area contributed by atoms with Crippen molar-refractivity contribution in [1.29, 1.82) is 0 Å². The lowest BCUT2D eigenvalue weighted by Crippen LogP contribution is -2.33. The van der Waals surface area contributed by atoms with Gasteiger partial charge in [-0.25, -0.2) is 4.98 Å². The van der Waals surface area contributed by atoms with Crippen molar-refractivity contribution in [1.82, 2.24) is 19.8 Å². The largest absolute Gasteiger partial charge is 0.378 e. The van der Waals surface area contributed by atoms with Crippen molar-refractivity contribution < 1.29 is 9.72 Å². The molecule has 38 heavy (non-hydrogen) atoms. The van der Waals surface area contributed by atoms with Gasteiger partial charge in [0, 0.05) is 59.1 Å². The van der Waals surface area contributed by atoms with Gasteiger partial charge in [-0.15, -0.1) is 0 Å². The summed E-state index contributed by atoms with van der Waals surface area (Å²) in [5.41, 5.74) is 7.45. The van der Waals surface area contributed by atoms with Gasteiger partial charge in [0.05, 0.1) is 4.92 Å². The molecule has 4 N–H and O–H groups in total. The average molecular weight is 560 g/mol. The lowest BCUT2D eigenvalue weighted by Gasteiger charge is -2.19. The van der Waals surface area contributed by atoms with Crippen molar-refractivity contribution in [3.8, 4) is 11.1 Å². The standard InChI is InChI=1S/C26H31Cl2N7O3/c1-33-13-2-4-18(33)9-12-31-26(36)24-20(19-6-5-17(27)16-21(19)28)10-15-34(24)14-3-11-30-23-8-7-22(35(37)38)25(29)32-23/h5-8,10,15-16,18H,2-4,9,11-14H2,1H3,(H,31,36)(H3,29,30,32). The molecule has 0 bridgehead atoms. The molecule has 0 saturated carbocycles. The van der Waals surface area contributed by atoms with E-state index in [1.54, 1.807) is 12.1 Å². The number of hydrogen-bond donors (Lipinski definition) is 3. The fraction of sp³-hybridized carbons (Fsp3) is 0.385. The molecule has 0 spiro atoms. The van der Waals surface area contributed by atoms with Gasteiger partial charge >= 0.3 is 5.69 Å². The third-order valence-corrected chi connectivity index (χ3v) is 7.36. The fourth-order valence-electron chi connectivity index (χ4n) is 4.80. The Morgan fingerprint density at radius 2 is 2.03 bits per heavy atom. The second kappa shape index (κ2) is 12.5. The van der Waals surface area contributed by atoms with E-state index in [2.05, 4.69) is 27.6 Å². The van der Waals surface area contributed by atoms with Crippen LogP contribution in [0.4, 0.5) is 17.3 Å². The molecule has 1 aliphatic rings. The number of nitrogens with zero attached hydrogens (tertiary/aromatic N) is 4. The maximum Gasteiger partial charge on any atom is 0.311 e. The van der Waals surface area contributed by atoms with Crippen molar-refractivity contribution >= 4 is 46.4 Å². The summed E-state index contributed by atoms with van der Waals surface area (Å²) in [4.78, 5) is 30.2. The smallest absolute Gasteiger partial charge is 0.311 e. The Morgan fingerprint density at radius 3 is 2.71 bits per heavy atom. The minimum absolute atomic E-state index is 0.141. The SMILES string of the molecule is CN1CCCC1CCNC(=O)c1c(-c2ccc(Cl)cc2Cl)ccn1CCCNc1ccc([N+](=O)[O-])c(N)n1. The zero-order chi connectivity index (χ0) is 27.2. The van der Waals surface area contributed by atoms with Crippen molar-refractivity contribution in [2.75, 3.05) is 37.7 Å². The molecule has 1 amide bonds. The van der Waals surface area contributed by atoms with E-state index in [0.717, 1.165) is 30.5 Å². The molecule has 1 aromatic carbocycles. The minimum Gasteiger partial charge on any atom is -0.378 e. The van der Waals surface area contributed by atoms with E-state index in [1.165, 1.54) is 18.6 Å². The number of anilines is 2. The molecule has 12 heteroatoms. The van der Waals surface area contributed by atoms with Crippen LogP contribution in [0.2, 0.25) is 10.0 Å². The van der Waals surface area contributed by atoms with Crippen LogP contribution >= 0.6 is 23.2 Å². The number of hydrogen-bond acceptors (Lipinski definition) is 7. The normalized spacial score (nSPS) is 15.5. The molecule has 3 heterocycles. The van der Waals surface area contributed by atoms with Crippen LogP contribution in [-0.4, -0.2) is 58.0 Å². The Labute approximate surface area is 231 Å². The number of pyridine rings is 1. The quantitative estimate of drug-likeness (QED) is 0.170. The predicted octanol–water partition coefficient (Wildman–Crippen LogP) is 5.06. The molecule has 202 valence electrons. The molecule has 0 aliphatic carbocycles. The van der Waals surface area contributed by atoms with E-state index in [9.17, 15) is 14.9 Å². The van der Waals surface area contributed by atoms with Gasteiger partial charge in [0.2, 0.25) is 5.82 Å². The molecule has 1 atom stereocenters. The summed E-state index contributed by atoms with van der Waals surface area (Å²) in [7, 11) is 2.12. The number of benzene rings is 1. The van der Waals surface area contributed by atoms with Crippen LogP contribution in [0.25, 0.3) is 11.1 Å². The Kier molecular flexibility index (Phi) is 9.09. The lowest BCUT2D eigenvalue weighted by atomic mass is 10.1. The first-order valence-corrected chi connectivity index (χ1v) is 13.3. The molecule has 3 aromatic rings. The molecule has 0 radical (unpaired) electrons. The highest BCUT2D eigenvalue weighted by Gasteiger charge is 2.23. The van der Waals surface area contributed by atoms with Crippen LogP contribution < -0.4 is 16.4 Å². The number of amides is 1.